The van der Waals surface area contributed by atoms with Crippen LogP contribution in [0.5, 0.6) is 0 Å². The van der Waals surface area contributed by atoms with E-state index in [2.05, 4.69) is 11.3 Å². The molecule has 0 amide bonds. The highest BCUT2D eigenvalue weighted by molar-refractivity contribution is 5.85. The van der Waals surface area contributed by atoms with Crippen LogP contribution in [0.25, 0.3) is 0 Å². The third kappa shape index (κ3) is 3.64. The minimum Gasteiger partial charge on any atom is -0.485 e. The number of carbonyl (C=O) groups excluding carboxylic acids is 1. The van der Waals surface area contributed by atoms with Crippen molar-refractivity contribution in [1.82, 2.24) is 4.90 Å². The van der Waals surface area contributed by atoms with Crippen molar-refractivity contribution in [2.45, 2.75) is 6.92 Å². The molecule has 0 saturated carbocycles. The molecular formula is C9H13NO3. The topological polar surface area (TPSA) is 38.5 Å². The van der Waals surface area contributed by atoms with E-state index in [1.165, 1.54) is 0 Å². The van der Waals surface area contributed by atoms with Crippen molar-refractivity contribution in [1.29, 1.82) is 0 Å². The molecule has 0 radical (unpaired) electrons. The molecule has 0 aliphatic carbocycles. The molecule has 0 spiro atoms. The van der Waals surface area contributed by atoms with Gasteiger partial charge in [0.2, 0.25) is 0 Å². The monoisotopic (exact) mass is 183 g/mol. The maximum Gasteiger partial charge on any atom is 0.372 e. The summed E-state index contributed by atoms with van der Waals surface area (Å²) in [6, 6.07) is 0. The predicted molar refractivity (Wildman–Crippen MR) is 47.6 cm³/mol. The summed E-state index contributed by atoms with van der Waals surface area (Å²) >= 11 is 0. The summed E-state index contributed by atoms with van der Waals surface area (Å²) < 4.78 is 9.74. The van der Waals surface area contributed by atoms with Crippen molar-refractivity contribution in [3.05, 3.63) is 24.7 Å². The Kier molecular flexibility index (Phi) is 3.37. The Morgan fingerprint density at radius 1 is 1.46 bits per heavy atom. The Balaban J connectivity index is 2.04. The van der Waals surface area contributed by atoms with Crippen LogP contribution in [0.1, 0.15) is 6.92 Å². The van der Waals surface area contributed by atoms with E-state index < -0.39 is 5.97 Å². The number of nitrogens with zero attached hydrogens (tertiary/aromatic N) is 1. The molecule has 0 aromatic heterocycles. The van der Waals surface area contributed by atoms with Gasteiger partial charge in [-0.05, 0) is 13.5 Å². The summed E-state index contributed by atoms with van der Waals surface area (Å²) in [7, 11) is 0. The summed E-state index contributed by atoms with van der Waals surface area (Å²) in [5.74, 6) is -0.412. The van der Waals surface area contributed by atoms with Gasteiger partial charge in [0.25, 0.3) is 0 Å². The molecule has 0 saturated heterocycles. The summed E-state index contributed by atoms with van der Waals surface area (Å²) in [5.41, 5.74) is 0. The van der Waals surface area contributed by atoms with Gasteiger partial charge in [0, 0.05) is 12.4 Å². The predicted octanol–water partition coefficient (Wildman–Crippen LogP) is 0.867. The molecule has 4 heteroatoms. The Morgan fingerprint density at radius 3 is 2.69 bits per heavy atom. The second-order valence-electron chi connectivity index (χ2n) is 2.53. The van der Waals surface area contributed by atoms with Gasteiger partial charge >= 0.3 is 5.97 Å². The van der Waals surface area contributed by atoms with Gasteiger partial charge in [-0.1, -0.05) is 0 Å². The maximum atomic E-state index is 11.0. The second-order valence-corrected chi connectivity index (χ2v) is 2.53. The number of carbonyl (C=O) groups is 1. The van der Waals surface area contributed by atoms with Gasteiger partial charge < -0.3 is 14.4 Å². The lowest BCUT2D eigenvalue weighted by Crippen LogP contribution is -2.13. The third-order valence-corrected chi connectivity index (χ3v) is 1.49. The fraction of sp³-hybridized carbons (Fsp3) is 0.444. The minimum absolute atomic E-state index is 0.0729. The molecule has 4 nitrogen and oxygen atoms in total. The highest BCUT2D eigenvalue weighted by atomic mass is 16.6. The normalized spacial score (nSPS) is 12.5. The molecule has 0 unspecified atom stereocenters. The fourth-order valence-corrected chi connectivity index (χ4v) is 0.741. The molecule has 0 aromatic carbocycles. The molecule has 13 heavy (non-hydrogen) atoms. The zero-order valence-corrected chi connectivity index (χ0v) is 7.66. The largest absolute Gasteiger partial charge is 0.485 e. The van der Waals surface area contributed by atoms with Gasteiger partial charge in [0.05, 0.1) is 13.2 Å². The van der Waals surface area contributed by atoms with Crippen molar-refractivity contribution in [2.75, 3.05) is 19.8 Å². The smallest absolute Gasteiger partial charge is 0.372 e. The van der Waals surface area contributed by atoms with Gasteiger partial charge in [0.15, 0.2) is 5.76 Å². The lowest BCUT2D eigenvalue weighted by atomic mass is 10.5. The molecule has 0 aromatic rings. The number of esters is 1. The maximum absolute atomic E-state index is 11.0. The van der Waals surface area contributed by atoms with Gasteiger partial charge in [-0.2, -0.15) is 0 Å². The summed E-state index contributed by atoms with van der Waals surface area (Å²) in [5, 5.41) is 0. The van der Waals surface area contributed by atoms with E-state index >= 15 is 0 Å². The fourth-order valence-electron chi connectivity index (χ4n) is 0.741. The average Bonchev–Trinajstić information content (AvgIpc) is 2.88. The molecule has 0 fully saturated rings. The first kappa shape index (κ1) is 9.64. The van der Waals surface area contributed by atoms with Crippen LogP contribution in [0.4, 0.5) is 0 Å². The van der Waals surface area contributed by atoms with Crippen LogP contribution >= 0.6 is 0 Å². The Bertz CT molecular complexity index is 229. The number of rotatable bonds is 6. The lowest BCUT2D eigenvalue weighted by molar-refractivity contribution is -0.142. The molecule has 1 aliphatic rings. The van der Waals surface area contributed by atoms with Crippen LogP contribution in [0.2, 0.25) is 0 Å². The zero-order chi connectivity index (χ0) is 9.68. The van der Waals surface area contributed by atoms with E-state index in [0.717, 1.165) is 6.54 Å². The van der Waals surface area contributed by atoms with Crippen LogP contribution in [-0.2, 0) is 14.3 Å². The van der Waals surface area contributed by atoms with Crippen LogP contribution in [0.15, 0.2) is 24.7 Å². The molecule has 0 atom stereocenters. The summed E-state index contributed by atoms with van der Waals surface area (Å²) in [4.78, 5) is 12.9. The lowest BCUT2D eigenvalue weighted by Gasteiger charge is -2.08. The van der Waals surface area contributed by atoms with Crippen molar-refractivity contribution in [2.24, 2.45) is 0 Å². The van der Waals surface area contributed by atoms with Crippen molar-refractivity contribution in [3.63, 3.8) is 0 Å². The first-order chi connectivity index (χ1) is 6.24. The third-order valence-electron chi connectivity index (χ3n) is 1.49. The molecule has 1 rings (SSSR count). The van der Waals surface area contributed by atoms with Crippen molar-refractivity contribution in [3.8, 4) is 0 Å². The molecule has 0 N–H and O–H groups in total. The number of hydrogen-bond donors (Lipinski definition) is 0. The Labute approximate surface area is 77.4 Å². The van der Waals surface area contributed by atoms with Gasteiger partial charge in [-0.25, -0.2) is 4.79 Å². The first-order valence-corrected chi connectivity index (χ1v) is 4.17. The minimum atomic E-state index is -0.485. The number of ether oxygens (including phenoxy) is 2. The molecular weight excluding hydrogens is 170 g/mol. The van der Waals surface area contributed by atoms with Gasteiger partial charge in [0.1, 0.15) is 6.61 Å². The van der Waals surface area contributed by atoms with Gasteiger partial charge in [-0.3, -0.25) is 0 Å². The van der Waals surface area contributed by atoms with E-state index in [9.17, 15) is 4.79 Å². The van der Waals surface area contributed by atoms with Crippen molar-refractivity contribution < 1.29 is 14.3 Å². The van der Waals surface area contributed by atoms with E-state index in [4.69, 9.17) is 4.74 Å². The van der Waals surface area contributed by atoms with E-state index in [-0.39, 0.29) is 5.76 Å². The first-order valence-electron chi connectivity index (χ1n) is 4.17. The van der Waals surface area contributed by atoms with Crippen LogP contribution in [0, 0.1) is 0 Å². The van der Waals surface area contributed by atoms with Crippen LogP contribution < -0.4 is 0 Å². The Morgan fingerprint density at radius 2 is 2.15 bits per heavy atom. The quantitative estimate of drug-likeness (QED) is 0.348. The van der Waals surface area contributed by atoms with E-state index in [1.807, 2.05) is 17.3 Å². The second kappa shape index (κ2) is 4.54. The van der Waals surface area contributed by atoms with E-state index in [1.54, 1.807) is 6.92 Å². The van der Waals surface area contributed by atoms with Crippen LogP contribution in [-0.4, -0.2) is 30.6 Å². The molecule has 1 heterocycles. The van der Waals surface area contributed by atoms with E-state index in [0.29, 0.717) is 13.2 Å². The average molecular weight is 183 g/mol. The molecule has 0 bridgehead atoms. The highest BCUT2D eigenvalue weighted by Gasteiger charge is 2.10. The zero-order valence-electron chi connectivity index (χ0n) is 7.66. The number of hydrogen-bond acceptors (Lipinski definition) is 4. The van der Waals surface area contributed by atoms with Crippen molar-refractivity contribution >= 4 is 5.97 Å². The SMILES string of the molecule is C=C(OCCN1C=C1)C(=O)OCC. The Hall–Kier alpha value is -1.45. The van der Waals surface area contributed by atoms with Crippen LogP contribution in [0.3, 0.4) is 0 Å². The van der Waals surface area contributed by atoms with Gasteiger partial charge in [-0.15, -0.1) is 0 Å². The molecule has 72 valence electrons. The summed E-state index contributed by atoms with van der Waals surface area (Å²) in [6.07, 6.45) is 3.85. The molecule has 1 aliphatic heterocycles. The summed E-state index contributed by atoms with van der Waals surface area (Å²) in [6.45, 7) is 6.74. The standard InChI is InChI=1S/C9H13NO3/c1-3-12-9(11)8(2)13-7-6-10-4-5-10/h4-5H,2-3,6-7H2,1H3. The highest BCUT2D eigenvalue weighted by Crippen LogP contribution is 2.05.